The van der Waals surface area contributed by atoms with E-state index in [-0.39, 0.29) is 74.4 Å². The second-order valence-corrected chi connectivity index (χ2v) is 13.2. The number of morpholine rings is 1. The molecule has 3 aliphatic rings. The van der Waals surface area contributed by atoms with Gasteiger partial charge in [-0.15, -0.1) is 0 Å². The van der Waals surface area contributed by atoms with Gasteiger partial charge in [-0.1, -0.05) is 23.5 Å². The summed E-state index contributed by atoms with van der Waals surface area (Å²) in [6.45, 7) is 2.59. The van der Waals surface area contributed by atoms with Gasteiger partial charge in [0.05, 0.1) is 68.6 Å². The number of rotatable bonds is 17. The minimum absolute atomic E-state index is 0.0301. The number of hydrogen-bond acceptors (Lipinski definition) is 12. The summed E-state index contributed by atoms with van der Waals surface area (Å²) in [6.07, 6.45) is 5.37. The van der Waals surface area contributed by atoms with Gasteiger partial charge in [-0.3, -0.25) is 24.5 Å². The van der Waals surface area contributed by atoms with E-state index in [2.05, 4.69) is 20.9 Å². The number of piperidine rings is 1. The fourth-order valence-corrected chi connectivity index (χ4v) is 7.28. The standard InChI is InChI=1S/C35H40FN5O9S/c36-27-8-9-28-32(40-35(51-28)41-24-5-6-25(41)20-49-19-24)33(27)50-21-31(44)37-12-14-47-16-18-48-17-15-46-13-11-30(43)38-23-3-1-22(2-4-23)26-7-10-29(42)39-34(26)45/h1-4,8-9,11,13,24-26H,5-7,10,12,14-21H2,(H,37,44)(H,38,43)(H,39,42,45)/t24-,25+,26?. The molecule has 0 radical (unpaired) electrons. The SMILES string of the molecule is O=C(C=COCCOCCOCCNC(=O)COc1c(F)ccc2sc(N3[C@@H]4CC[C@H]3COC4)nc12)Nc1ccc(C2CCC(=O)NC2=O)cc1. The number of thiazole rings is 1. The number of benzene rings is 2. The molecule has 3 aliphatic heterocycles. The van der Waals surface area contributed by atoms with E-state index in [1.54, 1.807) is 30.3 Å². The van der Waals surface area contributed by atoms with Crippen LogP contribution in [0.4, 0.5) is 15.2 Å². The van der Waals surface area contributed by atoms with Crippen molar-refractivity contribution in [1.82, 2.24) is 15.6 Å². The molecule has 4 heterocycles. The molecule has 3 aromatic rings. The highest BCUT2D eigenvalue weighted by Crippen LogP contribution is 2.41. The molecule has 6 rings (SSSR count). The highest BCUT2D eigenvalue weighted by atomic mass is 32.1. The number of ether oxygens (including phenoxy) is 5. The molecule has 2 aromatic carbocycles. The smallest absolute Gasteiger partial charge is 0.258 e. The molecule has 51 heavy (non-hydrogen) atoms. The van der Waals surface area contributed by atoms with E-state index in [9.17, 15) is 23.6 Å². The van der Waals surface area contributed by atoms with Crippen LogP contribution in [0.1, 0.15) is 37.2 Å². The third-order valence-electron chi connectivity index (χ3n) is 8.69. The van der Waals surface area contributed by atoms with Gasteiger partial charge in [0, 0.05) is 24.7 Å². The number of aromatic nitrogens is 1. The van der Waals surface area contributed by atoms with Crippen molar-refractivity contribution >= 4 is 56.0 Å². The summed E-state index contributed by atoms with van der Waals surface area (Å²) in [6, 6.07) is 10.5. The van der Waals surface area contributed by atoms with Gasteiger partial charge < -0.3 is 39.2 Å². The molecule has 3 N–H and O–H groups in total. The van der Waals surface area contributed by atoms with Crippen LogP contribution in [0.15, 0.2) is 48.7 Å². The van der Waals surface area contributed by atoms with Crippen molar-refractivity contribution < 1.29 is 47.3 Å². The molecular weight excluding hydrogens is 685 g/mol. The number of nitrogens with one attached hydrogen (secondary N) is 3. The summed E-state index contributed by atoms with van der Waals surface area (Å²) in [5, 5.41) is 8.56. The molecule has 14 nitrogen and oxygen atoms in total. The quantitative estimate of drug-likeness (QED) is 0.0811. The first kappa shape index (κ1) is 36.2. The molecule has 1 unspecified atom stereocenters. The van der Waals surface area contributed by atoms with Gasteiger partial charge in [-0.05, 0) is 49.1 Å². The predicted octanol–water partition coefficient (Wildman–Crippen LogP) is 3.02. The van der Waals surface area contributed by atoms with Crippen LogP contribution in [0.3, 0.4) is 0 Å². The summed E-state index contributed by atoms with van der Waals surface area (Å²) in [4.78, 5) is 54.8. The van der Waals surface area contributed by atoms with E-state index >= 15 is 0 Å². The molecule has 0 saturated carbocycles. The Morgan fingerprint density at radius 3 is 2.51 bits per heavy atom. The molecule has 3 saturated heterocycles. The fraction of sp³-hybridized carbons (Fsp3) is 0.457. The summed E-state index contributed by atoms with van der Waals surface area (Å²) in [5.74, 6) is -2.35. The molecule has 4 amide bonds. The lowest BCUT2D eigenvalue weighted by Crippen LogP contribution is -2.45. The summed E-state index contributed by atoms with van der Waals surface area (Å²) < 4.78 is 43.0. The second kappa shape index (κ2) is 17.5. The number of nitrogens with zero attached hydrogens (tertiary/aromatic N) is 2. The number of imide groups is 1. The first-order chi connectivity index (χ1) is 24.9. The monoisotopic (exact) mass is 725 g/mol. The number of halogens is 1. The van der Waals surface area contributed by atoms with Crippen LogP contribution >= 0.6 is 11.3 Å². The van der Waals surface area contributed by atoms with Crippen LogP contribution in [0.25, 0.3) is 10.2 Å². The van der Waals surface area contributed by atoms with E-state index in [1.807, 2.05) is 0 Å². The lowest BCUT2D eigenvalue weighted by Gasteiger charge is -2.34. The molecule has 2 bridgehead atoms. The molecular formula is C35H40FN5O9S. The molecule has 1 aromatic heterocycles. The molecule has 0 spiro atoms. The number of fused-ring (bicyclic) bond motifs is 3. The van der Waals surface area contributed by atoms with Crippen molar-refractivity contribution in [3.63, 3.8) is 0 Å². The molecule has 3 fully saturated rings. The van der Waals surface area contributed by atoms with Crippen molar-refractivity contribution in [1.29, 1.82) is 0 Å². The van der Waals surface area contributed by atoms with Gasteiger partial charge >= 0.3 is 0 Å². The van der Waals surface area contributed by atoms with Crippen molar-refractivity contribution in [2.24, 2.45) is 0 Å². The first-order valence-electron chi connectivity index (χ1n) is 16.9. The molecule has 0 aliphatic carbocycles. The summed E-state index contributed by atoms with van der Waals surface area (Å²) in [5.41, 5.74) is 1.75. The maximum Gasteiger partial charge on any atom is 0.258 e. The highest BCUT2D eigenvalue weighted by molar-refractivity contribution is 7.22. The lowest BCUT2D eigenvalue weighted by atomic mass is 9.90. The van der Waals surface area contributed by atoms with Crippen LogP contribution in [-0.2, 0) is 38.1 Å². The molecule has 272 valence electrons. The Hall–Kier alpha value is -4.64. The number of amides is 4. The Bertz CT molecular complexity index is 1720. The zero-order valence-corrected chi connectivity index (χ0v) is 28.7. The van der Waals surface area contributed by atoms with Crippen molar-refractivity contribution in [3.05, 3.63) is 60.1 Å². The summed E-state index contributed by atoms with van der Waals surface area (Å²) in [7, 11) is 0. The third kappa shape index (κ3) is 9.58. The Kier molecular flexibility index (Phi) is 12.4. The minimum atomic E-state index is -0.569. The van der Waals surface area contributed by atoms with E-state index < -0.39 is 11.7 Å². The largest absolute Gasteiger partial charge is 0.499 e. The Balaban J connectivity index is 0.791. The van der Waals surface area contributed by atoms with E-state index in [4.69, 9.17) is 28.7 Å². The Morgan fingerprint density at radius 1 is 1.00 bits per heavy atom. The van der Waals surface area contributed by atoms with Gasteiger partial charge in [0.15, 0.2) is 23.3 Å². The van der Waals surface area contributed by atoms with Crippen LogP contribution in [0.2, 0.25) is 0 Å². The van der Waals surface area contributed by atoms with Crippen LogP contribution in [-0.4, -0.2) is 100 Å². The third-order valence-corrected chi connectivity index (χ3v) is 9.72. The van der Waals surface area contributed by atoms with Crippen molar-refractivity contribution in [2.45, 2.75) is 43.7 Å². The van der Waals surface area contributed by atoms with Crippen LogP contribution in [0.5, 0.6) is 5.75 Å². The maximum atomic E-state index is 14.7. The maximum absolute atomic E-state index is 14.7. The van der Waals surface area contributed by atoms with Gasteiger partial charge in [0.25, 0.3) is 11.8 Å². The van der Waals surface area contributed by atoms with Gasteiger partial charge in [0.1, 0.15) is 12.1 Å². The van der Waals surface area contributed by atoms with Crippen LogP contribution in [0, 0.1) is 5.82 Å². The number of hydrogen-bond donors (Lipinski definition) is 3. The summed E-state index contributed by atoms with van der Waals surface area (Å²) >= 11 is 1.49. The zero-order chi connectivity index (χ0) is 35.6. The van der Waals surface area contributed by atoms with E-state index in [0.29, 0.717) is 50.5 Å². The molecule has 16 heteroatoms. The number of carbonyl (C=O) groups excluding carboxylic acids is 4. The lowest BCUT2D eigenvalue weighted by molar-refractivity contribution is -0.134. The average molecular weight is 726 g/mol. The normalized spacial score (nSPS) is 20.1. The van der Waals surface area contributed by atoms with Crippen molar-refractivity contribution in [2.75, 3.05) is 69.6 Å². The minimum Gasteiger partial charge on any atom is -0.499 e. The fourth-order valence-electron chi connectivity index (χ4n) is 6.17. The topological polar surface area (TPSA) is 167 Å². The number of anilines is 2. The van der Waals surface area contributed by atoms with E-state index in [0.717, 1.165) is 28.2 Å². The van der Waals surface area contributed by atoms with Gasteiger partial charge in [0.2, 0.25) is 11.8 Å². The number of carbonyl (C=O) groups is 4. The van der Waals surface area contributed by atoms with E-state index in [1.165, 1.54) is 29.7 Å². The Labute approximate surface area is 297 Å². The zero-order valence-electron chi connectivity index (χ0n) is 27.9. The van der Waals surface area contributed by atoms with Crippen molar-refractivity contribution in [3.8, 4) is 5.75 Å². The van der Waals surface area contributed by atoms with Gasteiger partial charge in [-0.2, -0.15) is 0 Å². The first-order valence-corrected chi connectivity index (χ1v) is 17.7. The van der Waals surface area contributed by atoms with Gasteiger partial charge in [-0.25, -0.2) is 9.37 Å². The predicted molar refractivity (Wildman–Crippen MR) is 185 cm³/mol. The Morgan fingerprint density at radius 2 is 1.75 bits per heavy atom. The molecule has 3 atom stereocenters. The second-order valence-electron chi connectivity index (χ2n) is 12.2. The highest BCUT2D eigenvalue weighted by Gasteiger charge is 2.39. The van der Waals surface area contributed by atoms with Crippen LogP contribution < -0.4 is 25.6 Å². The average Bonchev–Trinajstić information content (AvgIpc) is 3.65.